The fourth-order valence-corrected chi connectivity index (χ4v) is 5.06. The van der Waals surface area contributed by atoms with E-state index in [1.54, 1.807) is 29.7 Å². The summed E-state index contributed by atoms with van der Waals surface area (Å²) in [6.45, 7) is 3.29. The second kappa shape index (κ2) is 10.9. The van der Waals surface area contributed by atoms with Crippen LogP contribution in [-0.4, -0.2) is 75.2 Å². The van der Waals surface area contributed by atoms with Gasteiger partial charge in [-0.25, -0.2) is 5.48 Å². The van der Waals surface area contributed by atoms with Gasteiger partial charge in [0.1, 0.15) is 6.04 Å². The molecule has 2 atom stereocenters. The molecule has 2 aliphatic heterocycles. The van der Waals surface area contributed by atoms with E-state index in [-0.39, 0.29) is 18.9 Å². The van der Waals surface area contributed by atoms with E-state index in [1.807, 2.05) is 23.9 Å². The summed E-state index contributed by atoms with van der Waals surface area (Å²) in [7, 11) is 0. The van der Waals surface area contributed by atoms with Crippen LogP contribution in [0.25, 0.3) is 0 Å². The van der Waals surface area contributed by atoms with Crippen LogP contribution in [0.1, 0.15) is 33.5 Å². The molecule has 0 bridgehead atoms. The molecule has 2 heterocycles. The minimum atomic E-state index is -0.895. The van der Waals surface area contributed by atoms with Gasteiger partial charge in [0.05, 0.1) is 6.10 Å². The second-order valence-electron chi connectivity index (χ2n) is 8.25. The Morgan fingerprint density at radius 3 is 2.21 bits per heavy atom. The third-order valence-electron chi connectivity index (χ3n) is 5.90. The molecule has 2 aliphatic rings. The van der Waals surface area contributed by atoms with E-state index < -0.39 is 18.1 Å². The summed E-state index contributed by atoms with van der Waals surface area (Å²) in [6, 6.07) is 14.2. The molecule has 0 saturated carbocycles. The molecular formula is C25H27N3O4S. The highest BCUT2D eigenvalue weighted by Crippen LogP contribution is 2.21. The fourth-order valence-electron chi connectivity index (χ4n) is 4.08. The number of hydrogen-bond donors (Lipinski definition) is 3. The molecule has 0 spiro atoms. The monoisotopic (exact) mass is 465 g/mol. The Balaban J connectivity index is 1.38. The molecule has 2 amide bonds. The molecule has 33 heavy (non-hydrogen) atoms. The van der Waals surface area contributed by atoms with Gasteiger partial charge in [0.25, 0.3) is 11.8 Å². The van der Waals surface area contributed by atoms with Gasteiger partial charge in [-0.1, -0.05) is 24.0 Å². The molecule has 2 fully saturated rings. The van der Waals surface area contributed by atoms with E-state index >= 15 is 0 Å². The number of aliphatic hydroxyl groups excluding tert-OH is 1. The Bertz CT molecular complexity index is 1040. The normalized spacial score (nSPS) is 20.7. The molecule has 3 N–H and O–H groups in total. The highest BCUT2D eigenvalue weighted by atomic mass is 32.2. The molecule has 0 aliphatic carbocycles. The number of β-amino-alcohol motifs (C(OH)–C–C–N with tert-alkyl or cyclic N) is 1. The predicted molar refractivity (Wildman–Crippen MR) is 127 cm³/mol. The van der Waals surface area contributed by atoms with Gasteiger partial charge in [-0.15, -0.1) is 0 Å². The summed E-state index contributed by atoms with van der Waals surface area (Å²) >= 11 is 2.01. The Hall–Kier alpha value is -2.83. The van der Waals surface area contributed by atoms with Crippen molar-refractivity contribution in [3.05, 3.63) is 70.8 Å². The first-order valence-electron chi connectivity index (χ1n) is 11.0. The van der Waals surface area contributed by atoms with Crippen LogP contribution in [0.5, 0.6) is 0 Å². The third kappa shape index (κ3) is 5.95. The highest BCUT2D eigenvalue weighted by Gasteiger charge is 2.39. The molecule has 0 radical (unpaired) electrons. The maximum atomic E-state index is 12.8. The number of nitrogens with zero attached hydrogens (tertiary/aromatic N) is 2. The summed E-state index contributed by atoms with van der Waals surface area (Å²) in [5.74, 6) is 7.59. The topological polar surface area (TPSA) is 93.1 Å². The van der Waals surface area contributed by atoms with Gasteiger partial charge in [0.2, 0.25) is 0 Å². The van der Waals surface area contributed by atoms with Gasteiger partial charge in [-0.3, -0.25) is 19.7 Å². The molecule has 7 nitrogen and oxygen atoms in total. The summed E-state index contributed by atoms with van der Waals surface area (Å²) < 4.78 is 0. The van der Waals surface area contributed by atoms with Crippen LogP contribution in [0.4, 0.5) is 0 Å². The number of thioether (sulfide) groups is 1. The number of likely N-dealkylation sites (tertiary alicyclic amines) is 1. The lowest BCUT2D eigenvalue weighted by molar-refractivity contribution is -0.133. The van der Waals surface area contributed by atoms with E-state index in [4.69, 9.17) is 5.21 Å². The second-order valence-corrected chi connectivity index (χ2v) is 9.48. The summed E-state index contributed by atoms with van der Waals surface area (Å²) in [5.41, 5.74) is 4.94. The summed E-state index contributed by atoms with van der Waals surface area (Å²) in [4.78, 5) is 28.4. The van der Waals surface area contributed by atoms with Crippen LogP contribution in [-0.2, 0) is 11.3 Å². The predicted octanol–water partition coefficient (Wildman–Crippen LogP) is 1.72. The van der Waals surface area contributed by atoms with E-state index in [1.165, 1.54) is 22.0 Å². The Morgan fingerprint density at radius 2 is 1.61 bits per heavy atom. The highest BCUT2D eigenvalue weighted by molar-refractivity contribution is 7.99. The quantitative estimate of drug-likeness (QED) is 0.362. The van der Waals surface area contributed by atoms with Crippen molar-refractivity contribution in [3.63, 3.8) is 0 Å². The standard InChI is InChI=1S/C25H27N3O4S/c29-22-15-23(24(30)26-32)28(17-22)25(31)21-9-7-19(8-10-21)2-1-18-3-5-20(6-4-18)16-27-11-13-33-14-12-27/h3-10,22-23,29,32H,11-17H2,(H,26,30)/t22-,23-/m0/s1. The lowest BCUT2D eigenvalue weighted by Gasteiger charge is -2.26. The van der Waals surface area contributed by atoms with Crippen molar-refractivity contribution in [2.75, 3.05) is 31.1 Å². The maximum absolute atomic E-state index is 12.8. The smallest absolute Gasteiger partial charge is 0.266 e. The molecule has 0 unspecified atom stereocenters. The van der Waals surface area contributed by atoms with Crippen molar-refractivity contribution in [2.24, 2.45) is 0 Å². The van der Waals surface area contributed by atoms with E-state index in [0.29, 0.717) is 5.56 Å². The minimum Gasteiger partial charge on any atom is -0.391 e. The number of nitrogens with one attached hydrogen (secondary N) is 1. The minimum absolute atomic E-state index is 0.0468. The summed E-state index contributed by atoms with van der Waals surface area (Å²) in [5, 5.41) is 18.7. The Kier molecular flexibility index (Phi) is 7.68. The van der Waals surface area contributed by atoms with Gasteiger partial charge in [-0.05, 0) is 42.0 Å². The van der Waals surface area contributed by atoms with E-state index in [9.17, 15) is 14.7 Å². The van der Waals surface area contributed by atoms with Gasteiger partial charge in [-0.2, -0.15) is 11.8 Å². The number of hydroxylamine groups is 1. The number of hydrogen-bond acceptors (Lipinski definition) is 6. The van der Waals surface area contributed by atoms with Crippen LogP contribution >= 0.6 is 11.8 Å². The van der Waals surface area contributed by atoms with Crippen LogP contribution in [0.3, 0.4) is 0 Å². The fraction of sp³-hybridized carbons (Fsp3) is 0.360. The van der Waals surface area contributed by atoms with Crippen molar-refractivity contribution < 1.29 is 19.9 Å². The number of rotatable bonds is 4. The lowest BCUT2D eigenvalue weighted by Crippen LogP contribution is -2.45. The first-order chi connectivity index (χ1) is 16.0. The molecule has 2 saturated heterocycles. The van der Waals surface area contributed by atoms with Crippen molar-refractivity contribution in [1.82, 2.24) is 15.3 Å². The van der Waals surface area contributed by atoms with E-state index in [0.717, 1.165) is 30.8 Å². The zero-order valence-corrected chi connectivity index (χ0v) is 19.1. The van der Waals surface area contributed by atoms with Crippen molar-refractivity contribution >= 4 is 23.6 Å². The molecule has 2 aromatic carbocycles. The van der Waals surface area contributed by atoms with Crippen LogP contribution in [0.15, 0.2) is 48.5 Å². The number of carbonyl (C=O) groups is 2. The molecule has 2 aromatic rings. The Labute approximate surface area is 197 Å². The zero-order chi connectivity index (χ0) is 23.2. The molecule has 4 rings (SSSR count). The SMILES string of the molecule is O=C(NO)[C@@H]1C[C@H](O)CN1C(=O)c1ccc(C#Cc2ccc(CN3CCSCC3)cc2)cc1. The largest absolute Gasteiger partial charge is 0.391 e. The molecular weight excluding hydrogens is 438 g/mol. The maximum Gasteiger partial charge on any atom is 0.266 e. The van der Waals surface area contributed by atoms with Crippen LogP contribution in [0.2, 0.25) is 0 Å². The first kappa shape index (κ1) is 23.3. The van der Waals surface area contributed by atoms with Crippen molar-refractivity contribution in [3.8, 4) is 11.8 Å². The first-order valence-corrected chi connectivity index (χ1v) is 12.1. The van der Waals surface area contributed by atoms with Crippen LogP contribution < -0.4 is 5.48 Å². The van der Waals surface area contributed by atoms with E-state index in [2.05, 4.69) is 28.9 Å². The third-order valence-corrected chi connectivity index (χ3v) is 6.84. The molecule has 172 valence electrons. The molecule has 8 heteroatoms. The van der Waals surface area contributed by atoms with Crippen LogP contribution in [0, 0.1) is 11.8 Å². The number of aliphatic hydroxyl groups is 1. The summed E-state index contributed by atoms with van der Waals surface area (Å²) in [6.07, 6.45) is -0.705. The van der Waals surface area contributed by atoms with Gasteiger partial charge in [0.15, 0.2) is 0 Å². The zero-order valence-electron chi connectivity index (χ0n) is 18.2. The average molecular weight is 466 g/mol. The average Bonchev–Trinajstić information content (AvgIpc) is 3.25. The molecule has 0 aromatic heterocycles. The van der Waals surface area contributed by atoms with Gasteiger partial charge < -0.3 is 10.0 Å². The lowest BCUT2D eigenvalue weighted by atomic mass is 10.1. The van der Waals surface area contributed by atoms with Crippen molar-refractivity contribution in [2.45, 2.75) is 25.1 Å². The van der Waals surface area contributed by atoms with Gasteiger partial charge >= 0.3 is 0 Å². The number of benzene rings is 2. The van der Waals surface area contributed by atoms with Gasteiger partial charge in [0, 0.05) is 60.8 Å². The van der Waals surface area contributed by atoms with Crippen molar-refractivity contribution in [1.29, 1.82) is 0 Å². The number of amides is 2. The number of carbonyl (C=O) groups excluding carboxylic acids is 2. The Morgan fingerprint density at radius 1 is 1.00 bits per heavy atom.